The number of nitrogens with zero attached hydrogens (tertiary/aromatic N) is 1. The van der Waals surface area contributed by atoms with Crippen LogP contribution in [-0.4, -0.2) is 50.9 Å². The summed E-state index contributed by atoms with van der Waals surface area (Å²) in [5.41, 5.74) is 1.66. The third-order valence-electron chi connectivity index (χ3n) is 4.64. The zero-order chi connectivity index (χ0) is 20.8. The minimum Gasteiger partial charge on any atom is -0.497 e. The Balaban J connectivity index is 1.67. The van der Waals surface area contributed by atoms with Crippen LogP contribution in [0.4, 0.5) is 4.79 Å². The number of amides is 2. The average Bonchev–Trinajstić information content (AvgIpc) is 3.12. The SMILES string of the molecule is COc1cccc(CN2C(=O)OC[C@H]2C(=O)NCc2cc(OC)cc(OC)c2)c1. The van der Waals surface area contributed by atoms with Gasteiger partial charge in [0, 0.05) is 12.6 Å². The van der Waals surface area contributed by atoms with Crippen LogP contribution in [0.3, 0.4) is 0 Å². The Labute approximate surface area is 169 Å². The van der Waals surface area contributed by atoms with Gasteiger partial charge in [0.2, 0.25) is 5.91 Å². The summed E-state index contributed by atoms with van der Waals surface area (Å²) in [5.74, 6) is 1.66. The van der Waals surface area contributed by atoms with E-state index < -0.39 is 12.1 Å². The van der Waals surface area contributed by atoms with E-state index in [1.807, 2.05) is 36.4 Å². The zero-order valence-electron chi connectivity index (χ0n) is 16.6. The van der Waals surface area contributed by atoms with Gasteiger partial charge in [0.1, 0.15) is 29.9 Å². The molecule has 154 valence electrons. The first-order chi connectivity index (χ1) is 14.0. The quantitative estimate of drug-likeness (QED) is 0.732. The van der Waals surface area contributed by atoms with Crippen molar-refractivity contribution < 1.29 is 28.5 Å². The first kappa shape index (κ1) is 20.3. The minimum atomic E-state index is -0.707. The van der Waals surface area contributed by atoms with Crippen molar-refractivity contribution >= 4 is 12.0 Å². The van der Waals surface area contributed by atoms with Gasteiger partial charge in [-0.05, 0) is 35.4 Å². The van der Waals surface area contributed by atoms with E-state index in [0.29, 0.717) is 17.2 Å². The zero-order valence-corrected chi connectivity index (χ0v) is 16.6. The van der Waals surface area contributed by atoms with Crippen LogP contribution in [-0.2, 0) is 22.6 Å². The predicted octanol–water partition coefficient (Wildman–Crippen LogP) is 2.35. The summed E-state index contributed by atoms with van der Waals surface area (Å²) in [4.78, 5) is 26.3. The molecule has 1 fully saturated rings. The summed E-state index contributed by atoms with van der Waals surface area (Å²) in [7, 11) is 4.71. The highest BCUT2D eigenvalue weighted by atomic mass is 16.6. The van der Waals surface area contributed by atoms with Crippen LogP contribution in [0.5, 0.6) is 17.2 Å². The number of rotatable bonds is 8. The van der Waals surface area contributed by atoms with E-state index in [1.165, 1.54) is 4.90 Å². The van der Waals surface area contributed by atoms with E-state index >= 15 is 0 Å². The molecular formula is C21H24N2O6. The predicted molar refractivity (Wildman–Crippen MR) is 105 cm³/mol. The van der Waals surface area contributed by atoms with Crippen molar-refractivity contribution in [2.75, 3.05) is 27.9 Å². The van der Waals surface area contributed by atoms with Gasteiger partial charge in [-0.25, -0.2) is 4.79 Å². The maximum absolute atomic E-state index is 12.7. The maximum atomic E-state index is 12.7. The van der Waals surface area contributed by atoms with Crippen LogP contribution in [0, 0.1) is 0 Å². The molecule has 8 nitrogen and oxygen atoms in total. The Morgan fingerprint density at radius 3 is 2.34 bits per heavy atom. The van der Waals surface area contributed by atoms with Crippen molar-refractivity contribution in [2.45, 2.75) is 19.1 Å². The standard InChI is InChI=1S/C21H24N2O6/c1-26-16-6-4-5-14(7-16)12-23-19(13-29-21(23)25)20(24)22-11-15-8-17(27-2)10-18(9-15)28-3/h4-10,19H,11-13H2,1-3H3,(H,22,24)/t19-/m0/s1. The molecule has 0 aromatic heterocycles. The third kappa shape index (κ3) is 4.90. The van der Waals surface area contributed by atoms with Crippen molar-refractivity contribution in [1.82, 2.24) is 10.2 Å². The van der Waals surface area contributed by atoms with Gasteiger partial charge in [0.25, 0.3) is 0 Å². The van der Waals surface area contributed by atoms with Crippen LogP contribution in [0.2, 0.25) is 0 Å². The highest BCUT2D eigenvalue weighted by Crippen LogP contribution is 2.23. The molecule has 1 saturated heterocycles. The normalized spacial score (nSPS) is 15.6. The molecule has 0 spiro atoms. The van der Waals surface area contributed by atoms with Crippen LogP contribution in [0.15, 0.2) is 42.5 Å². The van der Waals surface area contributed by atoms with Crippen molar-refractivity contribution in [2.24, 2.45) is 0 Å². The van der Waals surface area contributed by atoms with Crippen LogP contribution >= 0.6 is 0 Å². The Morgan fingerprint density at radius 1 is 1.03 bits per heavy atom. The van der Waals surface area contributed by atoms with Gasteiger partial charge in [-0.2, -0.15) is 0 Å². The molecule has 0 unspecified atom stereocenters. The van der Waals surface area contributed by atoms with Crippen LogP contribution in [0.1, 0.15) is 11.1 Å². The van der Waals surface area contributed by atoms with Gasteiger partial charge in [0.15, 0.2) is 0 Å². The van der Waals surface area contributed by atoms with E-state index in [2.05, 4.69) is 5.32 Å². The molecule has 1 N–H and O–H groups in total. The topological polar surface area (TPSA) is 86.3 Å². The van der Waals surface area contributed by atoms with Crippen LogP contribution < -0.4 is 19.5 Å². The molecule has 3 rings (SSSR count). The summed E-state index contributed by atoms with van der Waals surface area (Å²) in [6.07, 6.45) is -0.518. The number of cyclic esters (lactones) is 1. The molecule has 1 heterocycles. The molecule has 0 radical (unpaired) electrons. The van der Waals surface area contributed by atoms with Gasteiger partial charge < -0.3 is 24.3 Å². The molecular weight excluding hydrogens is 376 g/mol. The fourth-order valence-corrected chi connectivity index (χ4v) is 3.09. The number of hydrogen-bond donors (Lipinski definition) is 1. The van der Waals surface area contributed by atoms with E-state index in [-0.39, 0.29) is 25.6 Å². The lowest BCUT2D eigenvalue weighted by atomic mass is 10.1. The van der Waals surface area contributed by atoms with Gasteiger partial charge >= 0.3 is 6.09 Å². The highest BCUT2D eigenvalue weighted by Gasteiger charge is 2.37. The Kier molecular flexibility index (Phi) is 6.43. The van der Waals surface area contributed by atoms with E-state index in [1.54, 1.807) is 27.4 Å². The van der Waals surface area contributed by atoms with Crippen molar-refractivity contribution in [3.63, 3.8) is 0 Å². The number of nitrogens with one attached hydrogen (secondary N) is 1. The van der Waals surface area contributed by atoms with E-state index in [9.17, 15) is 9.59 Å². The Hall–Kier alpha value is -3.42. The van der Waals surface area contributed by atoms with Gasteiger partial charge in [-0.15, -0.1) is 0 Å². The number of hydrogen-bond acceptors (Lipinski definition) is 6. The molecule has 29 heavy (non-hydrogen) atoms. The molecule has 0 aliphatic carbocycles. The summed E-state index contributed by atoms with van der Waals surface area (Å²) < 4.78 is 20.8. The molecule has 1 atom stereocenters. The minimum absolute atomic E-state index is 0.00999. The van der Waals surface area contributed by atoms with Crippen molar-refractivity contribution in [3.05, 3.63) is 53.6 Å². The van der Waals surface area contributed by atoms with E-state index in [0.717, 1.165) is 11.1 Å². The maximum Gasteiger partial charge on any atom is 0.410 e. The van der Waals surface area contributed by atoms with Gasteiger partial charge in [0.05, 0.1) is 27.9 Å². The highest BCUT2D eigenvalue weighted by molar-refractivity contribution is 5.87. The van der Waals surface area contributed by atoms with E-state index in [4.69, 9.17) is 18.9 Å². The largest absolute Gasteiger partial charge is 0.497 e. The molecule has 2 aromatic carbocycles. The summed E-state index contributed by atoms with van der Waals surface area (Å²) in [5, 5.41) is 2.85. The van der Waals surface area contributed by atoms with Gasteiger partial charge in [-0.1, -0.05) is 12.1 Å². The molecule has 1 aliphatic heterocycles. The smallest absolute Gasteiger partial charge is 0.410 e. The lowest BCUT2D eigenvalue weighted by Crippen LogP contribution is -2.45. The fourth-order valence-electron chi connectivity index (χ4n) is 3.09. The average molecular weight is 400 g/mol. The molecule has 0 saturated carbocycles. The molecule has 2 amide bonds. The number of benzene rings is 2. The summed E-state index contributed by atoms with van der Waals surface area (Å²) >= 11 is 0. The molecule has 2 aromatic rings. The Bertz CT molecular complexity index is 863. The second kappa shape index (κ2) is 9.18. The van der Waals surface area contributed by atoms with Crippen LogP contribution in [0.25, 0.3) is 0 Å². The second-order valence-electron chi connectivity index (χ2n) is 6.51. The summed E-state index contributed by atoms with van der Waals surface area (Å²) in [6, 6.07) is 12.0. The first-order valence-corrected chi connectivity index (χ1v) is 9.10. The second-order valence-corrected chi connectivity index (χ2v) is 6.51. The lowest BCUT2D eigenvalue weighted by Gasteiger charge is -2.21. The molecule has 1 aliphatic rings. The lowest BCUT2D eigenvalue weighted by molar-refractivity contribution is -0.125. The summed E-state index contributed by atoms with van der Waals surface area (Å²) in [6.45, 7) is 0.529. The van der Waals surface area contributed by atoms with Crippen molar-refractivity contribution in [1.29, 1.82) is 0 Å². The monoisotopic (exact) mass is 400 g/mol. The number of carbonyl (C=O) groups excluding carboxylic acids is 2. The first-order valence-electron chi connectivity index (χ1n) is 9.10. The number of ether oxygens (including phenoxy) is 4. The fraction of sp³-hybridized carbons (Fsp3) is 0.333. The van der Waals surface area contributed by atoms with Crippen molar-refractivity contribution in [3.8, 4) is 17.2 Å². The Morgan fingerprint density at radius 2 is 1.69 bits per heavy atom. The number of carbonyl (C=O) groups is 2. The van der Waals surface area contributed by atoms with Gasteiger partial charge in [-0.3, -0.25) is 9.69 Å². The molecule has 8 heteroatoms. The molecule has 0 bridgehead atoms. The third-order valence-corrected chi connectivity index (χ3v) is 4.64. The number of methoxy groups -OCH3 is 3.